The highest BCUT2D eigenvalue weighted by Gasteiger charge is 2.26. The smallest absolute Gasteiger partial charge is 0.243 e. The first-order valence-electron chi connectivity index (χ1n) is 12.5. The van der Waals surface area contributed by atoms with Crippen molar-refractivity contribution >= 4 is 33.5 Å². The number of nitrogens with zero attached hydrogens (tertiary/aromatic N) is 4. The monoisotopic (exact) mass is 559 g/mol. The lowest BCUT2D eigenvalue weighted by Crippen LogP contribution is -2.35. The van der Waals surface area contributed by atoms with Crippen molar-refractivity contribution in [1.82, 2.24) is 24.4 Å². The normalized spacial score (nSPS) is 14.4. The Morgan fingerprint density at radius 1 is 1.00 bits per heavy atom. The number of benzene rings is 2. The Morgan fingerprint density at radius 2 is 1.68 bits per heavy atom. The SMILES string of the molecule is CC(=O)NCCCc1nnc(SCC(=O)c2ccc(S(=O)(=O)N3CCCCC3)cc2)n1-c1ccc(F)cc1. The summed E-state index contributed by atoms with van der Waals surface area (Å²) >= 11 is 1.20. The number of Topliss-reactive ketones (excluding diaryl/α,β-unsaturated/α-hetero) is 1. The van der Waals surface area contributed by atoms with E-state index in [0.29, 0.717) is 54.7 Å². The number of amides is 1. The number of carbonyl (C=O) groups excluding carboxylic acids is 2. The van der Waals surface area contributed by atoms with Gasteiger partial charge >= 0.3 is 0 Å². The highest BCUT2D eigenvalue weighted by molar-refractivity contribution is 7.99. The first-order chi connectivity index (χ1) is 18.3. The number of aromatic nitrogens is 3. The molecule has 0 bridgehead atoms. The molecule has 2 heterocycles. The third-order valence-corrected chi connectivity index (χ3v) is 9.04. The summed E-state index contributed by atoms with van der Waals surface area (Å²) in [6.45, 7) is 2.97. The summed E-state index contributed by atoms with van der Waals surface area (Å²) in [6.07, 6.45) is 3.89. The number of hydrogen-bond donors (Lipinski definition) is 1. The van der Waals surface area contributed by atoms with Gasteiger partial charge in [0.1, 0.15) is 11.6 Å². The van der Waals surface area contributed by atoms with Gasteiger partial charge < -0.3 is 5.32 Å². The van der Waals surface area contributed by atoms with Gasteiger partial charge in [-0.25, -0.2) is 12.8 Å². The maximum Gasteiger partial charge on any atom is 0.243 e. The van der Waals surface area contributed by atoms with E-state index >= 15 is 0 Å². The van der Waals surface area contributed by atoms with E-state index in [4.69, 9.17) is 0 Å². The molecule has 1 aliphatic heterocycles. The highest BCUT2D eigenvalue weighted by Crippen LogP contribution is 2.25. The Labute approximate surface area is 225 Å². The van der Waals surface area contributed by atoms with Crippen LogP contribution in [0, 0.1) is 5.82 Å². The van der Waals surface area contributed by atoms with Crippen molar-refractivity contribution in [1.29, 1.82) is 0 Å². The van der Waals surface area contributed by atoms with E-state index in [2.05, 4.69) is 15.5 Å². The Bertz CT molecular complexity index is 1370. The number of sulfonamides is 1. The average Bonchev–Trinajstić information content (AvgIpc) is 3.33. The van der Waals surface area contributed by atoms with Crippen LogP contribution in [0.15, 0.2) is 58.6 Å². The van der Waals surface area contributed by atoms with Crippen molar-refractivity contribution in [3.8, 4) is 5.69 Å². The van der Waals surface area contributed by atoms with Crippen molar-refractivity contribution in [2.24, 2.45) is 0 Å². The summed E-state index contributed by atoms with van der Waals surface area (Å²) in [5, 5.41) is 11.7. The zero-order valence-electron chi connectivity index (χ0n) is 21.1. The van der Waals surface area contributed by atoms with Crippen molar-refractivity contribution in [2.45, 2.75) is 49.1 Å². The molecule has 0 radical (unpaired) electrons. The van der Waals surface area contributed by atoms with Crippen LogP contribution in [0.25, 0.3) is 5.69 Å². The van der Waals surface area contributed by atoms with Gasteiger partial charge in [0.05, 0.1) is 10.6 Å². The van der Waals surface area contributed by atoms with Gasteiger partial charge in [-0.1, -0.05) is 30.3 Å². The molecule has 1 saturated heterocycles. The molecule has 2 aromatic carbocycles. The summed E-state index contributed by atoms with van der Waals surface area (Å²) in [5.41, 5.74) is 1.06. The lowest BCUT2D eigenvalue weighted by atomic mass is 10.1. The van der Waals surface area contributed by atoms with Gasteiger partial charge in [-0.05, 0) is 55.7 Å². The number of halogens is 1. The number of ketones is 1. The number of rotatable bonds is 11. The van der Waals surface area contributed by atoms with Crippen LogP contribution in [0.4, 0.5) is 4.39 Å². The molecule has 38 heavy (non-hydrogen) atoms. The number of hydrogen-bond acceptors (Lipinski definition) is 7. The molecule has 1 fully saturated rings. The summed E-state index contributed by atoms with van der Waals surface area (Å²) < 4.78 is 42.6. The van der Waals surface area contributed by atoms with Crippen LogP contribution in [-0.4, -0.2) is 64.6 Å². The Kier molecular flexibility index (Phi) is 9.29. The molecule has 3 aromatic rings. The lowest BCUT2D eigenvalue weighted by Gasteiger charge is -2.25. The number of piperidine rings is 1. The molecule has 1 N–H and O–H groups in total. The Hall–Kier alpha value is -3.09. The van der Waals surface area contributed by atoms with Crippen LogP contribution in [0.1, 0.15) is 48.8 Å². The summed E-state index contributed by atoms with van der Waals surface area (Å²) in [6, 6.07) is 12.0. The van der Waals surface area contributed by atoms with Crippen molar-refractivity contribution in [3.63, 3.8) is 0 Å². The van der Waals surface area contributed by atoms with E-state index in [1.165, 1.54) is 59.4 Å². The van der Waals surface area contributed by atoms with Crippen LogP contribution in [-0.2, 0) is 21.2 Å². The minimum atomic E-state index is -3.57. The fraction of sp³-hybridized carbons (Fsp3) is 0.385. The zero-order valence-corrected chi connectivity index (χ0v) is 22.7. The van der Waals surface area contributed by atoms with Gasteiger partial charge in [-0.15, -0.1) is 10.2 Å². The second-order valence-corrected chi connectivity index (χ2v) is 11.9. The molecule has 0 atom stereocenters. The highest BCUT2D eigenvalue weighted by atomic mass is 32.2. The van der Waals surface area contributed by atoms with Crippen LogP contribution in [0.3, 0.4) is 0 Å². The molecule has 9 nitrogen and oxygen atoms in total. The molecular formula is C26H30FN5O4S2. The lowest BCUT2D eigenvalue weighted by molar-refractivity contribution is -0.118. The first kappa shape index (κ1) is 27.9. The van der Waals surface area contributed by atoms with Crippen molar-refractivity contribution in [3.05, 3.63) is 65.7 Å². The van der Waals surface area contributed by atoms with E-state index in [9.17, 15) is 22.4 Å². The third kappa shape index (κ3) is 6.86. The van der Waals surface area contributed by atoms with Gasteiger partial charge in [0.15, 0.2) is 10.9 Å². The minimum absolute atomic E-state index is 0.0590. The van der Waals surface area contributed by atoms with Gasteiger partial charge in [0.25, 0.3) is 0 Å². The van der Waals surface area contributed by atoms with Crippen LogP contribution in [0.5, 0.6) is 0 Å². The van der Waals surface area contributed by atoms with Gasteiger partial charge in [0, 0.05) is 44.2 Å². The van der Waals surface area contributed by atoms with E-state index in [0.717, 1.165) is 19.3 Å². The fourth-order valence-electron chi connectivity index (χ4n) is 4.20. The predicted octanol–water partition coefficient (Wildman–Crippen LogP) is 3.62. The number of nitrogens with one attached hydrogen (secondary N) is 1. The standard InChI is InChI=1S/C26H30FN5O4S2/c1-19(33)28-15-5-6-25-29-30-26(32(25)22-11-9-21(27)10-12-22)37-18-24(34)20-7-13-23(14-8-20)38(35,36)31-16-3-2-4-17-31/h7-14H,2-6,15-18H2,1H3,(H,28,33). The Balaban J connectivity index is 1.45. The number of thioether (sulfide) groups is 1. The zero-order chi connectivity index (χ0) is 27.1. The van der Waals surface area contributed by atoms with Gasteiger partial charge in [0.2, 0.25) is 15.9 Å². The molecule has 0 unspecified atom stereocenters. The van der Waals surface area contributed by atoms with E-state index < -0.39 is 10.0 Å². The fourth-order valence-corrected chi connectivity index (χ4v) is 6.58. The van der Waals surface area contributed by atoms with Crippen molar-refractivity contribution < 1.29 is 22.4 Å². The largest absolute Gasteiger partial charge is 0.356 e. The predicted molar refractivity (Wildman–Crippen MR) is 142 cm³/mol. The molecule has 202 valence electrons. The second-order valence-electron chi connectivity index (χ2n) is 9.00. The topological polar surface area (TPSA) is 114 Å². The average molecular weight is 560 g/mol. The molecule has 0 saturated carbocycles. The molecule has 0 aliphatic carbocycles. The maximum atomic E-state index is 13.5. The minimum Gasteiger partial charge on any atom is -0.356 e. The van der Waals surface area contributed by atoms with Crippen LogP contribution >= 0.6 is 11.8 Å². The number of carbonyl (C=O) groups is 2. The molecule has 0 spiro atoms. The third-order valence-electron chi connectivity index (χ3n) is 6.20. The van der Waals surface area contributed by atoms with Gasteiger partial charge in [-0.3, -0.25) is 14.2 Å². The molecule has 1 amide bonds. The molecular weight excluding hydrogens is 529 g/mol. The molecule has 4 rings (SSSR count). The van der Waals surface area contributed by atoms with Crippen LogP contribution < -0.4 is 5.32 Å². The maximum absolute atomic E-state index is 13.5. The van der Waals surface area contributed by atoms with Crippen LogP contribution in [0.2, 0.25) is 0 Å². The molecule has 1 aromatic heterocycles. The number of aryl methyl sites for hydroxylation is 1. The van der Waals surface area contributed by atoms with Gasteiger partial charge in [-0.2, -0.15) is 4.31 Å². The molecule has 12 heteroatoms. The summed E-state index contributed by atoms with van der Waals surface area (Å²) in [5.74, 6) is 0.0201. The summed E-state index contributed by atoms with van der Waals surface area (Å²) in [7, 11) is -3.57. The Morgan fingerprint density at radius 3 is 2.34 bits per heavy atom. The summed E-state index contributed by atoms with van der Waals surface area (Å²) in [4.78, 5) is 24.2. The quantitative estimate of drug-likeness (QED) is 0.217. The second kappa shape index (κ2) is 12.6. The van der Waals surface area contributed by atoms with E-state index in [1.54, 1.807) is 16.7 Å². The molecule has 1 aliphatic rings. The van der Waals surface area contributed by atoms with E-state index in [1.807, 2.05) is 0 Å². The van der Waals surface area contributed by atoms with E-state index in [-0.39, 0.29) is 28.2 Å². The van der Waals surface area contributed by atoms with Crippen molar-refractivity contribution in [2.75, 3.05) is 25.4 Å². The first-order valence-corrected chi connectivity index (χ1v) is 14.9.